The lowest BCUT2D eigenvalue weighted by Crippen LogP contribution is -2.68. The number of aliphatic hydroxyl groups is 11. The Hall–Kier alpha value is -5.71. The van der Waals surface area contributed by atoms with Gasteiger partial charge in [0.25, 0.3) is 15.6 Å². The van der Waals surface area contributed by atoms with Crippen molar-refractivity contribution >= 4 is 69.2 Å². The number of hydrogen-bond donors (Lipinski definition) is 17. The predicted octanol–water partition coefficient (Wildman–Crippen LogP) is -12.3. The number of imide groups is 3. The summed E-state index contributed by atoms with van der Waals surface area (Å²) in [6.45, 7) is -4.36. The van der Waals surface area contributed by atoms with Crippen molar-refractivity contribution in [3.8, 4) is 0 Å². The first kappa shape index (κ1) is 110. The van der Waals surface area contributed by atoms with Crippen LogP contribution in [0.1, 0.15) is 41.5 Å². The lowest BCUT2D eigenvalue weighted by atomic mass is 9.97. The molecule has 9 heterocycles. The van der Waals surface area contributed by atoms with E-state index in [2.05, 4.69) is 31.9 Å². The molecule has 9 aliphatic rings. The fraction of sp³-hybridized carbons (Fsp3) is 0.880. The molecule has 0 aliphatic carbocycles. The Morgan fingerprint density at radius 2 is 0.629 bits per heavy atom. The molecule has 9 rings (SSSR count). The quantitative estimate of drug-likeness (QED) is 0.0199. The minimum Gasteiger partial charge on any atom is -0.756 e. The number of phosphoric acid groups is 2. The molecule has 758 valence electrons. The molecule has 0 bridgehead atoms. The van der Waals surface area contributed by atoms with E-state index in [1.165, 1.54) is 41.5 Å². The molecule has 6 unspecified atom stereocenters. The number of morpholine rings is 3. The van der Waals surface area contributed by atoms with Gasteiger partial charge in [-0.25, -0.2) is 14.4 Å². The summed E-state index contributed by atoms with van der Waals surface area (Å²) in [6.07, 6.45) is -21.1. The summed E-state index contributed by atoms with van der Waals surface area (Å²) in [7, 11) is -11.7. The fourth-order valence-corrected chi connectivity index (χ4v) is 17.5. The Balaban J connectivity index is 0.890. The Morgan fingerprint density at radius 1 is 0.386 bits per heavy atom. The number of ether oxygens (including phenoxy) is 15. The molecule has 0 spiro atoms. The lowest BCUT2D eigenvalue weighted by Gasteiger charge is -2.51. The number of nitrogens with one attached hydrogen (secondary N) is 6. The monoisotopic (exact) mass is 1950 g/mol. The van der Waals surface area contributed by atoms with Gasteiger partial charge in [0.1, 0.15) is 109 Å². The second-order valence-corrected chi connectivity index (χ2v) is 36.2. The first-order valence-corrected chi connectivity index (χ1v) is 46.1. The standard InChI is InChI=1S/C75H130N12O43P2/c1-43-25-85(70(105)79-64(43)102)52-28-82(7-10-112-13-16-115-19-22-118-67-55(76-46(4)93)61(99)58(96)49(31-88)125-67)34-73(37-91,128-52)39-121-131(108,109)123-41-75(36-84(30-54(130-75)87-27-45(3)66(104)81-72(87)107)9-12-114-15-18-117-21-24-120-69-57(78-48(6)95)63(101)60(98)51(33-90)127-69)42-124-132(110,111)122-40-74(38-92)35-83(29-53(129-74)86-26-44(2)65(103)80-71(86)106)8-11-113-14-17-116-20-23-119-68-56(77-47(5)94)62(100)59(97)50(32-89)126-68/h43-45,49-63,67-69,88-92,96-101H,7-42H2,1-6H3,(H,76,93)(H,77,94)(H,78,95)(H,108,109)(H,110,111)(H,79,102,105)(H,80,103,106)(H,81,104,107)/p-2/t43?,44?,45?,49-,50-,51-,52-,53-,54-,55-,56-,57-,58+,59+,60+,61-,62-,63-,67-,68-,69-,73-,74+,75?/m1/s1. The van der Waals surface area contributed by atoms with Crippen LogP contribution in [0.4, 0.5) is 14.4 Å². The Labute approximate surface area is 759 Å². The highest BCUT2D eigenvalue weighted by atomic mass is 31.2. The van der Waals surface area contributed by atoms with Crippen molar-refractivity contribution < 1.29 is 207 Å². The van der Waals surface area contributed by atoms with Crippen molar-refractivity contribution in [2.24, 2.45) is 17.8 Å². The van der Waals surface area contributed by atoms with Crippen LogP contribution in [0, 0.1) is 17.8 Å². The maximum Gasteiger partial charge on any atom is 0.326 e. The number of carbonyl (C=O) groups excluding carboxylic acids is 9. The molecular formula is C75H128N12O43P2-2. The van der Waals surface area contributed by atoms with Crippen molar-refractivity contribution in [3.05, 3.63) is 0 Å². The number of urea groups is 3. The van der Waals surface area contributed by atoms with Gasteiger partial charge in [-0.2, -0.15) is 0 Å². The number of hydrogen-bond acceptors (Lipinski definition) is 46. The van der Waals surface area contributed by atoms with Gasteiger partial charge in [0.15, 0.2) is 18.9 Å². The van der Waals surface area contributed by atoms with Gasteiger partial charge in [-0.15, -0.1) is 0 Å². The highest BCUT2D eigenvalue weighted by Gasteiger charge is 2.54. The third-order valence-corrected chi connectivity index (χ3v) is 24.6. The van der Waals surface area contributed by atoms with Crippen molar-refractivity contribution in [1.82, 2.24) is 61.3 Å². The van der Waals surface area contributed by atoms with E-state index in [1.54, 1.807) is 14.7 Å². The number of rotatable bonds is 53. The van der Waals surface area contributed by atoms with Crippen LogP contribution in [-0.4, -0.2) is 504 Å². The smallest absolute Gasteiger partial charge is 0.326 e. The maximum atomic E-state index is 14.6. The molecule has 0 aromatic heterocycles. The van der Waals surface area contributed by atoms with Gasteiger partial charge in [0.05, 0.1) is 176 Å². The molecular weight excluding hydrogens is 1820 g/mol. The Bertz CT molecular complexity index is 3650. The normalized spacial score (nSPS) is 34.6. The fourth-order valence-electron chi connectivity index (χ4n) is 15.7. The Kier molecular flexibility index (Phi) is 43.1. The van der Waals surface area contributed by atoms with Crippen LogP contribution in [0.25, 0.3) is 0 Å². The van der Waals surface area contributed by atoms with E-state index in [0.717, 1.165) is 14.7 Å². The van der Waals surface area contributed by atoms with Crippen LogP contribution >= 0.6 is 15.6 Å². The third-order valence-electron chi connectivity index (χ3n) is 22.8. The molecule has 9 saturated heterocycles. The summed E-state index contributed by atoms with van der Waals surface area (Å²) < 4.78 is 140. The van der Waals surface area contributed by atoms with E-state index in [9.17, 15) is 118 Å². The average Bonchev–Trinajstić information content (AvgIpc) is 0.781. The molecule has 9 aliphatic heterocycles. The van der Waals surface area contributed by atoms with Crippen LogP contribution in [0.2, 0.25) is 0 Å². The van der Waals surface area contributed by atoms with Crippen LogP contribution in [0.3, 0.4) is 0 Å². The van der Waals surface area contributed by atoms with Crippen molar-refractivity contribution in [2.45, 2.75) is 169 Å². The summed E-state index contributed by atoms with van der Waals surface area (Å²) in [4.78, 5) is 153. The van der Waals surface area contributed by atoms with Gasteiger partial charge in [0.2, 0.25) is 35.4 Å². The highest BCUT2D eigenvalue weighted by Crippen LogP contribution is 2.46. The number of amides is 12. The maximum absolute atomic E-state index is 14.6. The van der Waals surface area contributed by atoms with E-state index in [-0.39, 0.29) is 171 Å². The number of phosphoric ester groups is 2. The van der Waals surface area contributed by atoms with Gasteiger partial charge >= 0.3 is 18.1 Å². The van der Waals surface area contributed by atoms with Crippen molar-refractivity contribution in [3.63, 3.8) is 0 Å². The first-order chi connectivity index (χ1) is 62.7. The molecule has 17 N–H and O–H groups in total. The molecule has 0 aromatic carbocycles. The molecule has 0 saturated carbocycles. The van der Waals surface area contributed by atoms with Crippen LogP contribution < -0.4 is 41.7 Å². The van der Waals surface area contributed by atoms with Gasteiger partial charge in [-0.3, -0.25) is 83.2 Å². The molecule has 0 aromatic rings. The zero-order valence-corrected chi connectivity index (χ0v) is 75.9. The summed E-state index contributed by atoms with van der Waals surface area (Å²) in [5, 5.41) is 129. The SMILES string of the molecule is CC(=O)N[C@H]1[C@H](OCCOCCOCCN2C[C@H](N3CC(C)C(=O)NC3=O)OC(COP(=O)([O-])OC[C@@]3(CO)CN(CCOCCOCCO[C@@H]4O[C@H](CO)[C@H](O)[C@H](O)[C@H]4NC(C)=O)C[C@H](N4CC(C)C(=O)NC4=O)O3)(COP(=O)([O-])OC[C@]3(CO)CN(CCOCCOCCO[C@@H]4O[C@H](CO)[C@H](O)[C@H](O)[C@H]4NC(C)=O)C[C@H](N4CC(C)C(=O)NC4=O)O3)C2)O[C@H](CO)[C@H](O)[C@@H]1O. The van der Waals surface area contributed by atoms with E-state index in [0.29, 0.717) is 0 Å². The van der Waals surface area contributed by atoms with Crippen molar-refractivity contribution in [1.29, 1.82) is 0 Å². The van der Waals surface area contributed by atoms with Crippen LogP contribution in [-0.2, 0) is 127 Å². The molecule has 12 amide bonds. The second-order valence-electron chi connectivity index (χ2n) is 33.4. The number of nitrogens with zero attached hydrogens (tertiary/aromatic N) is 6. The van der Waals surface area contributed by atoms with Gasteiger partial charge in [-0.05, 0) is 0 Å². The summed E-state index contributed by atoms with van der Waals surface area (Å²) >= 11 is 0. The second kappa shape index (κ2) is 51.8. The number of carbonyl (C=O) groups is 9. The minimum atomic E-state index is -5.87. The van der Waals surface area contributed by atoms with Crippen LogP contribution in [0.15, 0.2) is 0 Å². The predicted molar refractivity (Wildman–Crippen MR) is 432 cm³/mol. The number of aliphatic hydroxyl groups excluding tert-OH is 11. The molecule has 9 fully saturated rings. The van der Waals surface area contributed by atoms with Crippen molar-refractivity contribution in [2.75, 3.05) is 237 Å². The van der Waals surface area contributed by atoms with Crippen LogP contribution in [0.5, 0.6) is 0 Å². The zero-order chi connectivity index (χ0) is 96.4. The van der Waals surface area contributed by atoms with E-state index in [1.807, 2.05) is 0 Å². The van der Waals surface area contributed by atoms with E-state index in [4.69, 9.17) is 89.1 Å². The van der Waals surface area contributed by atoms with Gasteiger partial charge < -0.3 is 171 Å². The molecule has 26 atom stereocenters. The molecule has 57 heteroatoms. The van der Waals surface area contributed by atoms with Gasteiger partial charge in [-0.1, -0.05) is 20.8 Å². The molecule has 132 heavy (non-hydrogen) atoms. The highest BCUT2D eigenvalue weighted by molar-refractivity contribution is 7.46. The lowest BCUT2D eigenvalue weighted by molar-refractivity contribution is -0.272. The molecule has 55 nitrogen and oxygen atoms in total. The largest absolute Gasteiger partial charge is 0.756 e. The van der Waals surface area contributed by atoms with Gasteiger partial charge in [0, 0.05) is 99.3 Å². The third kappa shape index (κ3) is 31.7. The Morgan fingerprint density at radius 3 is 0.886 bits per heavy atom. The topological polar surface area (TPSA) is 723 Å². The minimum absolute atomic E-state index is 0.0147. The summed E-state index contributed by atoms with van der Waals surface area (Å²) in [5.41, 5.74) is -6.53. The van der Waals surface area contributed by atoms with E-state index < -0.39 is 280 Å². The summed E-state index contributed by atoms with van der Waals surface area (Å²) in [6, 6.07) is -6.39. The average molecular weight is 1950 g/mol. The zero-order valence-electron chi connectivity index (χ0n) is 74.1. The summed E-state index contributed by atoms with van der Waals surface area (Å²) in [5.74, 6) is -6.04. The first-order valence-electron chi connectivity index (χ1n) is 43.2. The molecule has 0 radical (unpaired) electrons. The van der Waals surface area contributed by atoms with E-state index >= 15 is 0 Å².